The lowest BCUT2D eigenvalue weighted by Gasteiger charge is -2.17. The molecule has 218 valence electrons. The van der Waals surface area contributed by atoms with Crippen LogP contribution in [-0.2, 0) is 20.7 Å². The third-order valence-electron chi connectivity index (χ3n) is 7.42. The molecule has 0 spiro atoms. The van der Waals surface area contributed by atoms with Crippen LogP contribution in [0.5, 0.6) is 0 Å². The first-order valence-electron chi connectivity index (χ1n) is 14.5. The van der Waals surface area contributed by atoms with E-state index < -0.39 is 24.2 Å². The Morgan fingerprint density at radius 3 is 2.15 bits per heavy atom. The highest BCUT2D eigenvalue weighted by atomic mass is 16.6. The van der Waals surface area contributed by atoms with Crippen LogP contribution in [0.2, 0.25) is 0 Å². The average molecular weight is 562 g/mol. The monoisotopic (exact) mass is 561 g/mol. The molecule has 1 heterocycles. The molecule has 0 saturated carbocycles. The van der Waals surface area contributed by atoms with Crippen molar-refractivity contribution in [1.29, 1.82) is 0 Å². The lowest BCUT2D eigenvalue weighted by molar-refractivity contribution is -0.139. The second-order valence-corrected chi connectivity index (χ2v) is 10.4. The molecule has 1 amide bonds. The zero-order valence-corrected chi connectivity index (χ0v) is 23.6. The van der Waals surface area contributed by atoms with Crippen LogP contribution < -0.4 is 5.32 Å². The molecule has 3 aromatic rings. The maximum atomic E-state index is 12.6. The molecule has 41 heavy (non-hydrogen) atoms. The van der Waals surface area contributed by atoms with Gasteiger partial charge in [0.2, 0.25) is 0 Å². The Labute approximate surface area is 240 Å². The molecule has 1 aliphatic carbocycles. The highest BCUT2D eigenvalue weighted by Crippen LogP contribution is 2.44. The molecule has 2 aromatic carbocycles. The van der Waals surface area contributed by atoms with Crippen LogP contribution in [0.4, 0.5) is 9.59 Å². The van der Waals surface area contributed by atoms with Crippen LogP contribution in [-0.4, -0.2) is 52.1 Å². The number of ether oxygens (including phenoxy) is 2. The molecular formula is C32H39N3O6. The second kappa shape index (κ2) is 15.0. The molecule has 0 bridgehead atoms. The van der Waals surface area contributed by atoms with E-state index in [1.807, 2.05) is 48.5 Å². The molecule has 1 atom stereocenters. The van der Waals surface area contributed by atoms with Gasteiger partial charge in [-0.3, -0.25) is 0 Å². The Morgan fingerprint density at radius 2 is 1.51 bits per heavy atom. The number of aliphatic carboxylic acids is 1. The van der Waals surface area contributed by atoms with E-state index in [2.05, 4.69) is 17.2 Å². The number of hydrogen-bond donors (Lipinski definition) is 2. The van der Waals surface area contributed by atoms with Gasteiger partial charge < -0.3 is 19.9 Å². The van der Waals surface area contributed by atoms with Crippen molar-refractivity contribution in [3.05, 3.63) is 77.9 Å². The maximum Gasteiger partial charge on any atom is 0.419 e. The predicted molar refractivity (Wildman–Crippen MR) is 155 cm³/mol. The van der Waals surface area contributed by atoms with Crippen LogP contribution >= 0.6 is 0 Å². The quantitative estimate of drug-likeness (QED) is 0.202. The second-order valence-electron chi connectivity index (χ2n) is 10.4. The molecule has 0 radical (unpaired) electrons. The Hall–Kier alpha value is -4.14. The van der Waals surface area contributed by atoms with Crippen molar-refractivity contribution in [2.45, 2.75) is 76.7 Å². The number of carboxylic acids is 1. The average Bonchev–Trinajstić information content (AvgIpc) is 3.57. The molecule has 0 unspecified atom stereocenters. The first kappa shape index (κ1) is 29.8. The number of hydrogen-bond acceptors (Lipinski definition) is 6. The Balaban J connectivity index is 1.22. The third-order valence-corrected chi connectivity index (χ3v) is 7.42. The van der Waals surface area contributed by atoms with E-state index >= 15 is 0 Å². The van der Waals surface area contributed by atoms with Gasteiger partial charge in [0.15, 0.2) is 0 Å². The summed E-state index contributed by atoms with van der Waals surface area (Å²) in [4.78, 5) is 40.9. The zero-order chi connectivity index (χ0) is 29.0. The molecule has 1 aliphatic rings. The normalized spacial score (nSPS) is 12.8. The zero-order valence-electron chi connectivity index (χ0n) is 23.6. The van der Waals surface area contributed by atoms with Crippen molar-refractivity contribution in [1.82, 2.24) is 14.9 Å². The van der Waals surface area contributed by atoms with Gasteiger partial charge in [-0.25, -0.2) is 23.9 Å². The fraction of sp³-hybridized carbons (Fsp3) is 0.438. The van der Waals surface area contributed by atoms with Gasteiger partial charge in [-0.15, -0.1) is 0 Å². The van der Waals surface area contributed by atoms with E-state index in [-0.39, 0.29) is 18.9 Å². The van der Waals surface area contributed by atoms with Crippen molar-refractivity contribution in [3.63, 3.8) is 0 Å². The molecule has 9 heteroatoms. The first-order valence-corrected chi connectivity index (χ1v) is 14.5. The largest absolute Gasteiger partial charge is 0.480 e. The smallest absolute Gasteiger partial charge is 0.419 e. The number of imidazole rings is 1. The fourth-order valence-electron chi connectivity index (χ4n) is 5.23. The summed E-state index contributed by atoms with van der Waals surface area (Å²) in [5.74, 6) is -1.37. The Kier molecular flexibility index (Phi) is 10.9. The minimum atomic E-state index is -1.28. The molecule has 0 fully saturated rings. The van der Waals surface area contributed by atoms with Gasteiger partial charge in [-0.1, -0.05) is 100 Å². The Bertz CT molecular complexity index is 1270. The summed E-state index contributed by atoms with van der Waals surface area (Å²) in [6.45, 7) is 2.60. The van der Waals surface area contributed by atoms with Crippen LogP contribution in [0, 0.1) is 0 Å². The highest BCUT2D eigenvalue weighted by Gasteiger charge is 2.30. The number of rotatable bonds is 15. The van der Waals surface area contributed by atoms with Crippen molar-refractivity contribution < 1.29 is 29.0 Å². The maximum absolute atomic E-state index is 12.6. The summed E-state index contributed by atoms with van der Waals surface area (Å²) in [6, 6.07) is 14.7. The van der Waals surface area contributed by atoms with Gasteiger partial charge in [-0.2, -0.15) is 0 Å². The summed E-state index contributed by atoms with van der Waals surface area (Å²) in [5, 5.41) is 12.1. The molecule has 4 rings (SSSR count). The minimum Gasteiger partial charge on any atom is -0.480 e. The summed E-state index contributed by atoms with van der Waals surface area (Å²) in [6.07, 6.45) is 10.4. The van der Waals surface area contributed by atoms with E-state index in [9.17, 15) is 19.5 Å². The number of carbonyl (C=O) groups is 3. The molecule has 9 nitrogen and oxygen atoms in total. The van der Waals surface area contributed by atoms with Gasteiger partial charge in [0.05, 0.1) is 12.3 Å². The number of unbranched alkanes of at least 4 members (excludes halogenated alkanes) is 7. The lowest BCUT2D eigenvalue weighted by Crippen LogP contribution is -2.43. The molecular weight excluding hydrogens is 522 g/mol. The van der Waals surface area contributed by atoms with E-state index in [4.69, 9.17) is 9.47 Å². The number of carbonyl (C=O) groups excluding carboxylic acids is 2. The third kappa shape index (κ3) is 8.19. The van der Waals surface area contributed by atoms with E-state index in [1.54, 1.807) is 0 Å². The number of nitrogens with one attached hydrogen (secondary N) is 1. The van der Waals surface area contributed by atoms with Crippen LogP contribution in [0.1, 0.15) is 81.0 Å². The van der Waals surface area contributed by atoms with Gasteiger partial charge in [0.25, 0.3) is 0 Å². The SMILES string of the molecule is CCCCCCCCCCOC(=O)n1cnc(C[C@@H](NC(=O)OCC2c3ccccc3-c3ccccc32)C(=O)O)c1. The summed E-state index contributed by atoms with van der Waals surface area (Å²) < 4.78 is 12.0. The topological polar surface area (TPSA) is 120 Å². The molecule has 1 aromatic heterocycles. The van der Waals surface area contributed by atoms with Gasteiger partial charge in [0, 0.05) is 18.5 Å². The van der Waals surface area contributed by atoms with E-state index in [0.29, 0.717) is 12.3 Å². The van der Waals surface area contributed by atoms with Crippen molar-refractivity contribution in [2.75, 3.05) is 13.2 Å². The number of carboxylic acid groups (broad SMARTS) is 1. The first-order chi connectivity index (χ1) is 20.0. The number of benzene rings is 2. The van der Waals surface area contributed by atoms with Crippen LogP contribution in [0.25, 0.3) is 11.1 Å². The van der Waals surface area contributed by atoms with Crippen molar-refractivity contribution >= 4 is 18.2 Å². The number of alkyl carbamates (subject to hydrolysis) is 1. The van der Waals surface area contributed by atoms with Crippen molar-refractivity contribution in [2.24, 2.45) is 0 Å². The number of aromatic nitrogens is 2. The lowest BCUT2D eigenvalue weighted by atomic mass is 9.98. The number of nitrogens with zero attached hydrogens (tertiary/aromatic N) is 2. The molecule has 2 N–H and O–H groups in total. The summed E-state index contributed by atoms with van der Waals surface area (Å²) >= 11 is 0. The van der Waals surface area contributed by atoms with Crippen molar-refractivity contribution in [3.8, 4) is 11.1 Å². The minimum absolute atomic E-state index is 0.0749. The summed E-state index contributed by atoms with van der Waals surface area (Å²) in [7, 11) is 0. The highest BCUT2D eigenvalue weighted by molar-refractivity contribution is 5.81. The van der Waals surface area contributed by atoms with Gasteiger partial charge in [0.1, 0.15) is 19.0 Å². The fourth-order valence-corrected chi connectivity index (χ4v) is 5.23. The summed E-state index contributed by atoms with van der Waals surface area (Å²) in [5.41, 5.74) is 4.67. The van der Waals surface area contributed by atoms with E-state index in [1.165, 1.54) is 49.2 Å². The van der Waals surface area contributed by atoms with Crippen LogP contribution in [0.15, 0.2) is 61.1 Å². The molecule has 0 saturated heterocycles. The Morgan fingerprint density at radius 1 is 0.902 bits per heavy atom. The van der Waals surface area contributed by atoms with Gasteiger partial charge in [-0.05, 0) is 28.7 Å². The van der Waals surface area contributed by atoms with E-state index in [0.717, 1.165) is 41.5 Å². The van der Waals surface area contributed by atoms with Crippen LogP contribution in [0.3, 0.4) is 0 Å². The van der Waals surface area contributed by atoms with Gasteiger partial charge >= 0.3 is 18.2 Å². The standard InChI is InChI=1S/C32H39N3O6/c1-2-3-4-5-6-7-8-13-18-40-32(39)35-20-23(33-22-35)19-29(30(36)37)34-31(38)41-21-28-26-16-11-9-14-24(26)25-15-10-12-17-27(25)28/h9-12,14-17,20,22,28-29H,2-8,13,18-19,21H2,1H3,(H,34,38)(H,36,37)/t29-/m1/s1. The molecule has 0 aliphatic heterocycles. The predicted octanol–water partition coefficient (Wildman–Crippen LogP) is 6.54. The number of amides is 1. The number of fused-ring (bicyclic) bond motifs is 3.